The van der Waals surface area contributed by atoms with Crippen molar-refractivity contribution in [3.63, 3.8) is 0 Å². The van der Waals surface area contributed by atoms with Crippen molar-refractivity contribution >= 4 is 29.2 Å². The maximum atomic E-state index is 14.4. The molecule has 0 saturated heterocycles. The third kappa shape index (κ3) is 11.4. The number of urea groups is 1. The number of alkyl halides is 3. The molecule has 0 spiro atoms. The molecule has 0 unspecified atom stereocenters. The minimum absolute atomic E-state index is 0.122. The largest absolute Gasteiger partial charge is 0.490 e. The molecular weight excluding hydrogens is 665 g/mol. The van der Waals surface area contributed by atoms with Crippen LogP contribution in [0.1, 0.15) is 61.5 Å². The van der Waals surface area contributed by atoms with E-state index in [1.165, 1.54) is 21.9 Å². The molecule has 3 aromatic rings. The number of hydrogen-bond acceptors (Lipinski definition) is 6. The highest BCUT2D eigenvalue weighted by atomic mass is 19.4. The zero-order valence-electron chi connectivity index (χ0n) is 29.4. The number of likely N-dealkylation sites (N-methyl/N-ethyl adjacent to an activating group) is 1. The Morgan fingerprint density at radius 3 is 2.35 bits per heavy atom. The number of aliphatic hydroxyl groups excluding tert-OH is 1. The monoisotopic (exact) mass is 712 g/mol. The van der Waals surface area contributed by atoms with Gasteiger partial charge in [0.1, 0.15) is 5.75 Å². The van der Waals surface area contributed by atoms with Crippen molar-refractivity contribution < 1.29 is 42.1 Å². The lowest BCUT2D eigenvalue weighted by atomic mass is 10.0. The number of aliphatic hydroxyl groups is 1. The Kier molecular flexibility index (Phi) is 13.9. The number of fused-ring (bicyclic) bond motifs is 1. The molecule has 276 valence electrons. The number of hydrogen-bond donors (Lipinski definition) is 3. The first-order chi connectivity index (χ1) is 24.2. The molecule has 0 aromatic heterocycles. The predicted molar refractivity (Wildman–Crippen MR) is 189 cm³/mol. The van der Waals surface area contributed by atoms with Crippen molar-refractivity contribution in [2.75, 3.05) is 44.0 Å². The van der Waals surface area contributed by atoms with Crippen molar-refractivity contribution in [1.82, 2.24) is 9.80 Å². The van der Waals surface area contributed by atoms with Gasteiger partial charge < -0.3 is 35.0 Å². The Morgan fingerprint density at radius 2 is 1.69 bits per heavy atom. The number of nitrogens with zero attached hydrogens (tertiary/aromatic N) is 2. The number of amides is 4. The molecule has 4 rings (SSSR count). The van der Waals surface area contributed by atoms with Gasteiger partial charge in [-0.15, -0.1) is 0 Å². The topological polar surface area (TPSA) is 120 Å². The third-order valence-corrected chi connectivity index (χ3v) is 8.81. The van der Waals surface area contributed by atoms with Crippen LogP contribution in [0.4, 0.5) is 29.3 Å². The van der Waals surface area contributed by atoms with Gasteiger partial charge in [-0.25, -0.2) is 4.79 Å². The molecule has 13 heteroatoms. The molecule has 0 bridgehead atoms. The number of carbonyl (C=O) groups is 3. The van der Waals surface area contributed by atoms with E-state index in [0.717, 1.165) is 24.1 Å². The molecule has 0 saturated carbocycles. The molecule has 3 N–H and O–H groups in total. The molecule has 1 aliphatic rings. The molecule has 0 aliphatic carbocycles. The highest BCUT2D eigenvalue weighted by molar-refractivity contribution is 6.00. The summed E-state index contributed by atoms with van der Waals surface area (Å²) in [4.78, 5) is 43.3. The normalized spacial score (nSPS) is 19.6. The Bertz CT molecular complexity index is 1610. The van der Waals surface area contributed by atoms with Crippen LogP contribution >= 0.6 is 0 Å². The summed E-state index contributed by atoms with van der Waals surface area (Å²) in [7, 11) is 1.56. The van der Waals surface area contributed by atoms with Crippen LogP contribution in [0.3, 0.4) is 0 Å². The quantitative estimate of drug-likeness (QED) is 0.235. The molecule has 10 nitrogen and oxygen atoms in total. The molecule has 1 aliphatic heterocycles. The van der Waals surface area contributed by atoms with E-state index in [4.69, 9.17) is 9.47 Å². The van der Waals surface area contributed by atoms with Crippen LogP contribution < -0.4 is 15.4 Å². The molecular formula is C38H47F3N4O6. The maximum absolute atomic E-state index is 14.4. The Morgan fingerprint density at radius 1 is 1.00 bits per heavy atom. The first kappa shape index (κ1) is 39.2. The zero-order valence-corrected chi connectivity index (χ0v) is 29.4. The van der Waals surface area contributed by atoms with Gasteiger partial charge >= 0.3 is 12.2 Å². The Balaban J connectivity index is 1.55. The van der Waals surface area contributed by atoms with Gasteiger partial charge in [0.25, 0.3) is 5.91 Å². The van der Waals surface area contributed by atoms with Gasteiger partial charge in [0, 0.05) is 44.0 Å². The van der Waals surface area contributed by atoms with E-state index in [1.807, 2.05) is 44.2 Å². The second-order valence-electron chi connectivity index (χ2n) is 13.1. The molecule has 1 heterocycles. The second kappa shape index (κ2) is 18.0. The van der Waals surface area contributed by atoms with Crippen LogP contribution in [0.5, 0.6) is 5.75 Å². The Hall–Kier alpha value is -4.62. The minimum Gasteiger partial charge on any atom is -0.490 e. The number of ether oxygens (including phenoxy) is 2. The summed E-state index contributed by atoms with van der Waals surface area (Å²) < 4.78 is 51.5. The molecule has 3 aromatic carbocycles. The van der Waals surface area contributed by atoms with Gasteiger partial charge in [0.15, 0.2) is 0 Å². The van der Waals surface area contributed by atoms with Crippen molar-refractivity contribution in [1.29, 1.82) is 0 Å². The van der Waals surface area contributed by atoms with E-state index in [9.17, 15) is 32.7 Å². The summed E-state index contributed by atoms with van der Waals surface area (Å²) in [5, 5.41) is 15.7. The van der Waals surface area contributed by atoms with E-state index < -0.39 is 35.8 Å². The lowest BCUT2D eigenvalue weighted by molar-refractivity contribution is -0.137. The summed E-state index contributed by atoms with van der Waals surface area (Å²) in [6.07, 6.45) is -2.94. The van der Waals surface area contributed by atoms with Gasteiger partial charge in [-0.05, 0) is 81.1 Å². The van der Waals surface area contributed by atoms with Crippen molar-refractivity contribution in [2.24, 2.45) is 5.92 Å². The van der Waals surface area contributed by atoms with E-state index in [0.29, 0.717) is 30.9 Å². The minimum atomic E-state index is -4.49. The molecule has 0 fully saturated rings. The van der Waals surface area contributed by atoms with Crippen molar-refractivity contribution in [3.05, 3.63) is 89.5 Å². The number of nitrogens with one attached hydrogen (secondary N) is 2. The highest BCUT2D eigenvalue weighted by Gasteiger charge is 2.32. The van der Waals surface area contributed by atoms with Gasteiger partial charge in [-0.3, -0.25) is 9.59 Å². The van der Waals surface area contributed by atoms with Crippen LogP contribution in [0, 0.1) is 5.92 Å². The van der Waals surface area contributed by atoms with Crippen LogP contribution in [-0.2, 0) is 22.1 Å². The third-order valence-electron chi connectivity index (χ3n) is 8.81. The van der Waals surface area contributed by atoms with Gasteiger partial charge in [0.2, 0.25) is 5.91 Å². The van der Waals surface area contributed by atoms with Crippen molar-refractivity contribution in [2.45, 2.75) is 70.9 Å². The van der Waals surface area contributed by atoms with Gasteiger partial charge in [-0.2, -0.15) is 13.2 Å². The molecule has 4 atom stereocenters. The Labute approximate surface area is 296 Å². The fraction of sp³-hybridized carbons (Fsp3) is 0.447. The van der Waals surface area contributed by atoms with E-state index in [2.05, 4.69) is 10.6 Å². The SMILES string of the molecule is C[C@@H]1CCCCO[C@@H](CN(C)C(=O)Nc2ccc(C(F)(F)F)cc2)[C@H](C)CN([C@H](C)CO)C(=O)c2cc(NC(=O)Cc3ccccc3)ccc2O1. The zero-order chi connectivity index (χ0) is 37.1. The summed E-state index contributed by atoms with van der Waals surface area (Å²) in [6.45, 7) is 5.88. The number of rotatable bonds is 8. The predicted octanol–water partition coefficient (Wildman–Crippen LogP) is 6.85. The van der Waals surface area contributed by atoms with Gasteiger partial charge in [-0.1, -0.05) is 37.3 Å². The van der Waals surface area contributed by atoms with Crippen molar-refractivity contribution in [3.8, 4) is 5.75 Å². The lowest BCUT2D eigenvalue weighted by Gasteiger charge is -2.35. The molecule has 51 heavy (non-hydrogen) atoms. The lowest BCUT2D eigenvalue weighted by Crippen LogP contribution is -2.48. The molecule has 4 amide bonds. The van der Waals surface area contributed by atoms with E-state index in [-0.39, 0.29) is 55.3 Å². The standard InChI is InChI=1S/C38H47F3N4O6/c1-25-22-45(26(2)24-46)36(48)32-21-31(42-35(47)20-28-11-6-5-7-12-28)17-18-33(32)51-27(3)10-8-9-19-50-34(25)23-44(4)37(49)43-30-15-13-29(14-16-30)38(39,40)41/h5-7,11-18,21,25-27,34,46H,8-10,19-20,22-24H2,1-4H3,(H,42,47)(H,43,49)/t25-,26-,27-,34+/m1/s1. The summed E-state index contributed by atoms with van der Waals surface area (Å²) in [5.41, 5.74) is 0.887. The van der Waals surface area contributed by atoms with Crippen LogP contribution in [0.2, 0.25) is 0 Å². The average Bonchev–Trinajstić information content (AvgIpc) is 3.09. The first-order valence-corrected chi connectivity index (χ1v) is 17.1. The first-order valence-electron chi connectivity index (χ1n) is 17.1. The molecule has 0 radical (unpaired) electrons. The summed E-state index contributed by atoms with van der Waals surface area (Å²) in [6, 6.07) is 17.3. The van der Waals surface area contributed by atoms with Crippen LogP contribution in [0.25, 0.3) is 0 Å². The second-order valence-corrected chi connectivity index (χ2v) is 13.1. The number of benzene rings is 3. The summed E-state index contributed by atoms with van der Waals surface area (Å²) in [5.74, 6) is -0.622. The number of anilines is 2. The maximum Gasteiger partial charge on any atom is 0.416 e. The highest BCUT2D eigenvalue weighted by Crippen LogP contribution is 2.31. The van der Waals surface area contributed by atoms with Crippen LogP contribution in [0.15, 0.2) is 72.8 Å². The average molecular weight is 713 g/mol. The van der Waals surface area contributed by atoms with E-state index >= 15 is 0 Å². The van der Waals surface area contributed by atoms with Gasteiger partial charge in [0.05, 0.1) is 42.4 Å². The van der Waals surface area contributed by atoms with E-state index in [1.54, 1.807) is 32.2 Å². The fourth-order valence-electron chi connectivity index (χ4n) is 5.76. The number of halogens is 3. The number of carbonyl (C=O) groups excluding carboxylic acids is 3. The summed E-state index contributed by atoms with van der Waals surface area (Å²) >= 11 is 0. The fourth-order valence-corrected chi connectivity index (χ4v) is 5.76. The van der Waals surface area contributed by atoms with Crippen LogP contribution in [-0.4, -0.2) is 84.4 Å². The smallest absolute Gasteiger partial charge is 0.416 e.